The highest BCUT2D eigenvalue weighted by atomic mass is 19.1. The highest BCUT2D eigenvalue weighted by Gasteiger charge is 2.19. The lowest BCUT2D eigenvalue weighted by Gasteiger charge is -2.36. The van der Waals surface area contributed by atoms with Gasteiger partial charge in [0.25, 0.3) is 0 Å². The molecule has 0 atom stereocenters. The van der Waals surface area contributed by atoms with Gasteiger partial charge in [-0.2, -0.15) is 0 Å². The van der Waals surface area contributed by atoms with Crippen LogP contribution >= 0.6 is 0 Å². The molecule has 1 heterocycles. The van der Waals surface area contributed by atoms with Crippen LogP contribution in [-0.2, 0) is 0 Å². The van der Waals surface area contributed by atoms with Crippen molar-refractivity contribution < 1.29 is 4.39 Å². The summed E-state index contributed by atoms with van der Waals surface area (Å²) in [7, 11) is 0. The Labute approximate surface area is 121 Å². The number of para-hydroxylation sites is 1. The molecular formula is C16H26FN3. The fraction of sp³-hybridized carbons (Fsp3) is 0.625. The second kappa shape index (κ2) is 6.55. The number of benzene rings is 1. The van der Waals surface area contributed by atoms with Crippen LogP contribution < -0.4 is 10.2 Å². The third kappa shape index (κ3) is 4.46. The Kier molecular flexibility index (Phi) is 5.00. The topological polar surface area (TPSA) is 18.5 Å². The van der Waals surface area contributed by atoms with Crippen LogP contribution in [0.3, 0.4) is 0 Å². The van der Waals surface area contributed by atoms with E-state index in [0.29, 0.717) is 0 Å². The Morgan fingerprint density at radius 2 is 1.75 bits per heavy atom. The van der Waals surface area contributed by atoms with Crippen LogP contribution in [0.15, 0.2) is 24.3 Å². The third-order valence-electron chi connectivity index (χ3n) is 3.65. The molecule has 0 aliphatic carbocycles. The van der Waals surface area contributed by atoms with Crippen molar-refractivity contribution in [3.63, 3.8) is 0 Å². The number of anilines is 1. The molecule has 0 unspecified atom stereocenters. The second-order valence-corrected chi connectivity index (χ2v) is 6.46. The first-order valence-electron chi connectivity index (χ1n) is 7.42. The van der Waals surface area contributed by atoms with Crippen molar-refractivity contribution in [3.8, 4) is 0 Å². The maximum Gasteiger partial charge on any atom is 0.146 e. The summed E-state index contributed by atoms with van der Waals surface area (Å²) in [6.07, 6.45) is 0. The van der Waals surface area contributed by atoms with Crippen molar-refractivity contribution in [1.29, 1.82) is 0 Å². The van der Waals surface area contributed by atoms with Gasteiger partial charge in [0.05, 0.1) is 5.69 Å². The minimum absolute atomic E-state index is 0.115. The molecule has 0 bridgehead atoms. The Hall–Kier alpha value is -1.13. The summed E-state index contributed by atoms with van der Waals surface area (Å²) in [6.45, 7) is 12.4. The monoisotopic (exact) mass is 279 g/mol. The van der Waals surface area contributed by atoms with Gasteiger partial charge >= 0.3 is 0 Å². The molecule has 1 fully saturated rings. The number of nitrogens with one attached hydrogen (secondary N) is 1. The van der Waals surface area contributed by atoms with Gasteiger partial charge in [-0.3, -0.25) is 4.90 Å². The van der Waals surface area contributed by atoms with Gasteiger partial charge in [-0.25, -0.2) is 4.39 Å². The molecule has 1 aromatic rings. The summed E-state index contributed by atoms with van der Waals surface area (Å²) in [5.74, 6) is -0.115. The quantitative estimate of drug-likeness (QED) is 0.912. The van der Waals surface area contributed by atoms with E-state index in [1.54, 1.807) is 6.07 Å². The van der Waals surface area contributed by atoms with E-state index in [2.05, 4.69) is 35.9 Å². The number of rotatable bonds is 4. The number of piperazine rings is 1. The number of hydrogen-bond acceptors (Lipinski definition) is 3. The molecule has 0 saturated carbocycles. The first-order chi connectivity index (χ1) is 9.46. The molecule has 1 aliphatic heterocycles. The van der Waals surface area contributed by atoms with Gasteiger partial charge in [-0.05, 0) is 32.9 Å². The summed E-state index contributed by atoms with van der Waals surface area (Å²) in [6, 6.07) is 7.05. The second-order valence-electron chi connectivity index (χ2n) is 6.46. The zero-order valence-electron chi connectivity index (χ0n) is 12.8. The third-order valence-corrected chi connectivity index (χ3v) is 3.65. The van der Waals surface area contributed by atoms with E-state index in [9.17, 15) is 4.39 Å². The first-order valence-corrected chi connectivity index (χ1v) is 7.42. The lowest BCUT2D eigenvalue weighted by Crippen LogP contribution is -2.49. The largest absolute Gasteiger partial charge is 0.367 e. The number of halogens is 1. The van der Waals surface area contributed by atoms with E-state index in [4.69, 9.17) is 0 Å². The Morgan fingerprint density at radius 1 is 1.10 bits per heavy atom. The van der Waals surface area contributed by atoms with Crippen molar-refractivity contribution in [2.75, 3.05) is 44.2 Å². The molecule has 112 valence electrons. The van der Waals surface area contributed by atoms with E-state index < -0.39 is 0 Å². The van der Waals surface area contributed by atoms with Crippen molar-refractivity contribution in [1.82, 2.24) is 10.2 Å². The van der Waals surface area contributed by atoms with Gasteiger partial charge in [0, 0.05) is 44.8 Å². The molecule has 1 saturated heterocycles. The van der Waals surface area contributed by atoms with E-state index in [0.717, 1.165) is 45.0 Å². The fourth-order valence-corrected chi connectivity index (χ4v) is 2.51. The molecule has 1 aromatic carbocycles. The van der Waals surface area contributed by atoms with Gasteiger partial charge in [0.2, 0.25) is 0 Å². The first kappa shape index (κ1) is 15.3. The van der Waals surface area contributed by atoms with Crippen LogP contribution in [0.5, 0.6) is 0 Å². The SMILES string of the molecule is CC(C)(C)NCCN1CCN(c2ccccc2F)CC1. The predicted octanol–water partition coefficient (Wildman–Crippen LogP) is 2.34. The molecule has 3 nitrogen and oxygen atoms in total. The maximum atomic E-state index is 13.7. The molecule has 20 heavy (non-hydrogen) atoms. The van der Waals surface area contributed by atoms with E-state index in [1.165, 1.54) is 6.07 Å². The van der Waals surface area contributed by atoms with Crippen LogP contribution in [0.25, 0.3) is 0 Å². The van der Waals surface area contributed by atoms with E-state index in [-0.39, 0.29) is 11.4 Å². The lowest BCUT2D eigenvalue weighted by molar-refractivity contribution is 0.247. The maximum absolute atomic E-state index is 13.7. The average molecular weight is 279 g/mol. The average Bonchev–Trinajstić information content (AvgIpc) is 2.39. The minimum atomic E-state index is -0.115. The number of nitrogens with zero attached hydrogens (tertiary/aromatic N) is 2. The van der Waals surface area contributed by atoms with Crippen LogP contribution in [0, 0.1) is 5.82 Å². The smallest absolute Gasteiger partial charge is 0.146 e. The molecule has 0 amide bonds. The Morgan fingerprint density at radius 3 is 2.35 bits per heavy atom. The summed E-state index contributed by atoms with van der Waals surface area (Å²) < 4.78 is 13.7. The summed E-state index contributed by atoms with van der Waals surface area (Å²) in [4.78, 5) is 4.58. The fourth-order valence-electron chi connectivity index (χ4n) is 2.51. The molecule has 2 rings (SSSR count). The van der Waals surface area contributed by atoms with E-state index >= 15 is 0 Å². The molecule has 1 N–H and O–H groups in total. The molecular weight excluding hydrogens is 253 g/mol. The van der Waals surface area contributed by atoms with Crippen molar-refractivity contribution in [3.05, 3.63) is 30.1 Å². The minimum Gasteiger partial charge on any atom is -0.367 e. The normalized spacial score (nSPS) is 17.5. The highest BCUT2D eigenvalue weighted by molar-refractivity contribution is 5.47. The Balaban J connectivity index is 1.77. The van der Waals surface area contributed by atoms with E-state index in [1.807, 2.05) is 12.1 Å². The zero-order valence-corrected chi connectivity index (χ0v) is 12.8. The highest BCUT2D eigenvalue weighted by Crippen LogP contribution is 2.19. The number of hydrogen-bond donors (Lipinski definition) is 1. The van der Waals surface area contributed by atoms with Crippen LogP contribution in [0.4, 0.5) is 10.1 Å². The van der Waals surface area contributed by atoms with Crippen LogP contribution in [-0.4, -0.2) is 49.7 Å². The Bertz CT molecular complexity index is 420. The predicted molar refractivity (Wildman–Crippen MR) is 82.8 cm³/mol. The van der Waals surface area contributed by atoms with Crippen molar-refractivity contribution in [2.24, 2.45) is 0 Å². The standard InChI is InChI=1S/C16H26FN3/c1-16(2,3)18-8-9-19-10-12-20(13-11-19)15-7-5-4-6-14(15)17/h4-7,18H,8-13H2,1-3H3. The summed E-state index contributed by atoms with van der Waals surface area (Å²) in [5.41, 5.74) is 0.912. The molecule has 1 aliphatic rings. The molecule has 0 radical (unpaired) electrons. The molecule has 0 spiro atoms. The summed E-state index contributed by atoms with van der Waals surface area (Å²) >= 11 is 0. The van der Waals surface area contributed by atoms with Crippen LogP contribution in [0.2, 0.25) is 0 Å². The zero-order chi connectivity index (χ0) is 14.6. The van der Waals surface area contributed by atoms with Gasteiger partial charge < -0.3 is 10.2 Å². The van der Waals surface area contributed by atoms with Gasteiger partial charge in [-0.15, -0.1) is 0 Å². The van der Waals surface area contributed by atoms with Crippen LogP contribution in [0.1, 0.15) is 20.8 Å². The van der Waals surface area contributed by atoms with Crippen molar-refractivity contribution >= 4 is 5.69 Å². The van der Waals surface area contributed by atoms with Gasteiger partial charge in [0.1, 0.15) is 5.82 Å². The molecule has 0 aromatic heterocycles. The van der Waals surface area contributed by atoms with Crippen molar-refractivity contribution in [2.45, 2.75) is 26.3 Å². The lowest BCUT2D eigenvalue weighted by atomic mass is 10.1. The van der Waals surface area contributed by atoms with Gasteiger partial charge in [-0.1, -0.05) is 12.1 Å². The van der Waals surface area contributed by atoms with Gasteiger partial charge in [0.15, 0.2) is 0 Å². The summed E-state index contributed by atoms with van der Waals surface area (Å²) in [5, 5.41) is 3.51. The molecule has 4 heteroatoms.